The quantitative estimate of drug-likeness (QED) is 0.761. The van der Waals surface area contributed by atoms with E-state index in [1.165, 1.54) is 12.8 Å². The van der Waals surface area contributed by atoms with Gasteiger partial charge in [0.1, 0.15) is 0 Å². The van der Waals surface area contributed by atoms with Gasteiger partial charge in [-0.05, 0) is 55.8 Å². The molecule has 0 bridgehead atoms. The fourth-order valence-corrected chi connectivity index (χ4v) is 3.97. The SMILES string of the molecule is CCN1CCC[C@@H]1CNC(=O)C[C@H](Cn1cccc1)c1ccc(Cl)cc1. The third-order valence-corrected chi connectivity index (χ3v) is 5.56. The third kappa shape index (κ3) is 5.12. The van der Waals surface area contributed by atoms with E-state index >= 15 is 0 Å². The molecule has 1 N–H and O–H groups in total. The smallest absolute Gasteiger partial charge is 0.220 e. The summed E-state index contributed by atoms with van der Waals surface area (Å²) in [5, 5.41) is 3.89. The minimum atomic E-state index is 0.125. The van der Waals surface area contributed by atoms with Gasteiger partial charge in [0.2, 0.25) is 5.91 Å². The topological polar surface area (TPSA) is 37.3 Å². The van der Waals surface area contributed by atoms with Crippen LogP contribution in [0.5, 0.6) is 0 Å². The van der Waals surface area contributed by atoms with Gasteiger partial charge in [-0.3, -0.25) is 9.69 Å². The lowest BCUT2D eigenvalue weighted by molar-refractivity contribution is -0.121. The highest BCUT2D eigenvalue weighted by Crippen LogP contribution is 2.24. The van der Waals surface area contributed by atoms with Crippen molar-refractivity contribution in [1.29, 1.82) is 0 Å². The van der Waals surface area contributed by atoms with E-state index in [1.807, 2.05) is 48.8 Å². The Morgan fingerprint density at radius 2 is 2.00 bits per heavy atom. The van der Waals surface area contributed by atoms with Crippen LogP contribution >= 0.6 is 11.6 Å². The Morgan fingerprint density at radius 3 is 2.69 bits per heavy atom. The van der Waals surface area contributed by atoms with E-state index in [4.69, 9.17) is 11.6 Å². The van der Waals surface area contributed by atoms with E-state index in [0.29, 0.717) is 12.5 Å². The summed E-state index contributed by atoms with van der Waals surface area (Å²) in [5.41, 5.74) is 1.15. The van der Waals surface area contributed by atoms with Gasteiger partial charge in [0, 0.05) is 48.9 Å². The zero-order chi connectivity index (χ0) is 18.4. The second-order valence-electron chi connectivity index (χ2n) is 7.06. The molecule has 2 aromatic rings. The van der Waals surface area contributed by atoms with Gasteiger partial charge in [-0.1, -0.05) is 30.7 Å². The molecule has 1 fully saturated rings. The van der Waals surface area contributed by atoms with Gasteiger partial charge in [0.15, 0.2) is 0 Å². The summed E-state index contributed by atoms with van der Waals surface area (Å²) in [6.45, 7) is 5.93. The van der Waals surface area contributed by atoms with Crippen LogP contribution in [0.3, 0.4) is 0 Å². The lowest BCUT2D eigenvalue weighted by atomic mass is 9.95. The van der Waals surface area contributed by atoms with Crippen molar-refractivity contribution in [3.8, 4) is 0 Å². The zero-order valence-electron chi connectivity index (χ0n) is 15.4. The van der Waals surface area contributed by atoms with Crippen molar-refractivity contribution < 1.29 is 4.79 Å². The summed E-state index contributed by atoms with van der Waals surface area (Å²) in [7, 11) is 0. The number of likely N-dealkylation sites (N-methyl/N-ethyl adjacent to an activating group) is 1. The van der Waals surface area contributed by atoms with E-state index in [1.54, 1.807) is 0 Å². The molecule has 1 aliphatic rings. The van der Waals surface area contributed by atoms with E-state index in [0.717, 1.165) is 36.8 Å². The van der Waals surface area contributed by atoms with Crippen LogP contribution in [-0.4, -0.2) is 41.1 Å². The summed E-state index contributed by atoms with van der Waals surface area (Å²) in [5.74, 6) is 0.255. The monoisotopic (exact) mass is 373 g/mol. The second-order valence-corrected chi connectivity index (χ2v) is 7.50. The zero-order valence-corrected chi connectivity index (χ0v) is 16.2. The number of hydrogen-bond acceptors (Lipinski definition) is 2. The first-order valence-electron chi connectivity index (χ1n) is 9.52. The van der Waals surface area contributed by atoms with E-state index < -0.39 is 0 Å². The molecule has 1 aliphatic heterocycles. The Balaban J connectivity index is 1.61. The number of carbonyl (C=O) groups excluding carboxylic acids is 1. The maximum Gasteiger partial charge on any atom is 0.220 e. The molecule has 1 aromatic heterocycles. The first-order valence-corrected chi connectivity index (χ1v) is 9.90. The molecule has 0 radical (unpaired) electrons. The first-order chi connectivity index (χ1) is 12.7. The van der Waals surface area contributed by atoms with Crippen molar-refractivity contribution in [1.82, 2.24) is 14.8 Å². The third-order valence-electron chi connectivity index (χ3n) is 5.31. The van der Waals surface area contributed by atoms with E-state index in [9.17, 15) is 4.79 Å². The van der Waals surface area contributed by atoms with Crippen LogP contribution in [0.25, 0.3) is 0 Å². The predicted molar refractivity (Wildman–Crippen MR) is 107 cm³/mol. The van der Waals surface area contributed by atoms with Gasteiger partial charge in [-0.25, -0.2) is 0 Å². The molecule has 2 atom stereocenters. The molecule has 1 aromatic carbocycles. The summed E-state index contributed by atoms with van der Waals surface area (Å²) in [6.07, 6.45) is 6.98. The molecular weight excluding hydrogens is 346 g/mol. The highest BCUT2D eigenvalue weighted by molar-refractivity contribution is 6.30. The fourth-order valence-electron chi connectivity index (χ4n) is 3.84. The highest BCUT2D eigenvalue weighted by atomic mass is 35.5. The van der Waals surface area contributed by atoms with E-state index in [-0.39, 0.29) is 11.8 Å². The number of carbonyl (C=O) groups is 1. The largest absolute Gasteiger partial charge is 0.355 e. The molecule has 3 rings (SSSR count). The minimum Gasteiger partial charge on any atom is -0.355 e. The second kappa shape index (κ2) is 9.24. The minimum absolute atomic E-state index is 0.125. The molecular formula is C21H28ClN3O. The maximum absolute atomic E-state index is 12.6. The van der Waals surface area contributed by atoms with Gasteiger partial charge >= 0.3 is 0 Å². The Hall–Kier alpha value is -1.78. The van der Waals surface area contributed by atoms with Crippen molar-refractivity contribution in [2.45, 2.75) is 44.7 Å². The summed E-state index contributed by atoms with van der Waals surface area (Å²) < 4.78 is 2.13. The predicted octanol–water partition coefficient (Wildman–Crippen LogP) is 3.92. The van der Waals surface area contributed by atoms with Gasteiger partial charge in [-0.2, -0.15) is 0 Å². The molecule has 5 heteroatoms. The van der Waals surface area contributed by atoms with Gasteiger partial charge in [0.05, 0.1) is 0 Å². The molecule has 0 saturated carbocycles. The number of nitrogens with zero attached hydrogens (tertiary/aromatic N) is 2. The van der Waals surface area contributed by atoms with E-state index in [2.05, 4.69) is 21.7 Å². The Labute approximate surface area is 161 Å². The number of rotatable bonds is 8. The molecule has 1 amide bonds. The maximum atomic E-state index is 12.6. The van der Waals surface area contributed by atoms with Crippen LogP contribution in [0.2, 0.25) is 5.02 Å². The Morgan fingerprint density at radius 1 is 1.27 bits per heavy atom. The number of hydrogen-bond donors (Lipinski definition) is 1. The normalized spacial score (nSPS) is 18.8. The molecule has 140 valence electrons. The highest BCUT2D eigenvalue weighted by Gasteiger charge is 2.24. The lowest BCUT2D eigenvalue weighted by Crippen LogP contribution is -2.40. The Kier molecular flexibility index (Phi) is 6.75. The first kappa shape index (κ1) is 19.0. The molecule has 1 saturated heterocycles. The molecule has 0 aliphatic carbocycles. The van der Waals surface area contributed by atoms with Gasteiger partial charge in [-0.15, -0.1) is 0 Å². The fraction of sp³-hybridized carbons (Fsp3) is 0.476. The van der Waals surface area contributed by atoms with Crippen LogP contribution in [0.15, 0.2) is 48.8 Å². The van der Waals surface area contributed by atoms with Crippen LogP contribution in [-0.2, 0) is 11.3 Å². The van der Waals surface area contributed by atoms with Gasteiger partial charge in [0.25, 0.3) is 0 Å². The average Bonchev–Trinajstić information content (AvgIpc) is 3.31. The molecule has 2 heterocycles. The number of halogens is 1. The molecule has 4 nitrogen and oxygen atoms in total. The number of benzene rings is 1. The average molecular weight is 374 g/mol. The van der Waals surface area contributed by atoms with Gasteiger partial charge < -0.3 is 9.88 Å². The number of amides is 1. The summed E-state index contributed by atoms with van der Waals surface area (Å²) in [6, 6.07) is 12.4. The van der Waals surface area contributed by atoms with Crippen molar-refractivity contribution in [3.05, 3.63) is 59.4 Å². The number of likely N-dealkylation sites (tertiary alicyclic amines) is 1. The summed E-state index contributed by atoms with van der Waals surface area (Å²) in [4.78, 5) is 15.1. The van der Waals surface area contributed by atoms with Crippen molar-refractivity contribution in [2.75, 3.05) is 19.6 Å². The van der Waals surface area contributed by atoms with Crippen molar-refractivity contribution >= 4 is 17.5 Å². The van der Waals surface area contributed by atoms with Crippen LogP contribution in [0.1, 0.15) is 37.7 Å². The van der Waals surface area contributed by atoms with Crippen LogP contribution < -0.4 is 5.32 Å². The van der Waals surface area contributed by atoms with Crippen LogP contribution in [0, 0.1) is 0 Å². The Bertz CT molecular complexity index is 684. The van der Waals surface area contributed by atoms with Crippen molar-refractivity contribution in [2.24, 2.45) is 0 Å². The molecule has 0 spiro atoms. The standard InChI is InChI=1S/C21H28ClN3O/c1-2-25-13-5-6-20(25)15-23-21(26)14-18(16-24-11-3-4-12-24)17-7-9-19(22)10-8-17/h3-4,7-12,18,20H,2,5-6,13-16H2,1H3,(H,23,26)/t18-,20-/m1/s1. The number of nitrogens with one attached hydrogen (secondary N) is 1. The summed E-state index contributed by atoms with van der Waals surface area (Å²) >= 11 is 6.03. The van der Waals surface area contributed by atoms with Crippen LogP contribution in [0.4, 0.5) is 0 Å². The molecule has 0 unspecified atom stereocenters. The lowest BCUT2D eigenvalue weighted by Gasteiger charge is -2.24. The van der Waals surface area contributed by atoms with Crippen molar-refractivity contribution in [3.63, 3.8) is 0 Å². The number of aromatic nitrogens is 1. The molecule has 26 heavy (non-hydrogen) atoms.